The van der Waals surface area contributed by atoms with Crippen LogP contribution in [0.1, 0.15) is 20.8 Å². The second kappa shape index (κ2) is 6.44. The first-order valence-corrected chi connectivity index (χ1v) is 9.06. The Hall–Kier alpha value is 0.390. The minimum Gasteiger partial charge on any atom is -0.496 e. The molecular formula is C12H16I2O4S. The molecule has 0 aliphatic rings. The molecule has 0 aliphatic heterocycles. The summed E-state index contributed by atoms with van der Waals surface area (Å²) >= 11 is 4.01. The Bertz CT molecular complexity index is 562. The van der Waals surface area contributed by atoms with Gasteiger partial charge in [0, 0.05) is 3.57 Å². The minimum atomic E-state index is -3.74. The molecule has 19 heavy (non-hydrogen) atoms. The second-order valence-electron chi connectivity index (χ2n) is 5.19. The third-order valence-corrected chi connectivity index (χ3v) is 5.53. The number of ether oxygens (including phenoxy) is 1. The van der Waals surface area contributed by atoms with Gasteiger partial charge in [-0.2, -0.15) is 8.42 Å². The van der Waals surface area contributed by atoms with Crippen LogP contribution in [0.5, 0.6) is 5.75 Å². The van der Waals surface area contributed by atoms with E-state index in [9.17, 15) is 8.42 Å². The van der Waals surface area contributed by atoms with Crippen LogP contribution in [0, 0.1) is 12.6 Å². The largest absolute Gasteiger partial charge is 0.496 e. The third kappa shape index (κ3) is 5.01. The van der Waals surface area contributed by atoms with Crippen LogP contribution in [0.15, 0.2) is 17.0 Å². The molecule has 0 heterocycles. The van der Waals surface area contributed by atoms with Gasteiger partial charge in [0.05, 0.1) is 17.3 Å². The first kappa shape index (κ1) is 17.4. The van der Waals surface area contributed by atoms with Gasteiger partial charge >= 0.3 is 0 Å². The van der Waals surface area contributed by atoms with Crippen molar-refractivity contribution in [3.8, 4) is 5.75 Å². The van der Waals surface area contributed by atoms with E-state index in [2.05, 4.69) is 0 Å². The van der Waals surface area contributed by atoms with Crippen LogP contribution in [0.2, 0.25) is 0 Å². The van der Waals surface area contributed by atoms with E-state index >= 15 is 0 Å². The summed E-state index contributed by atoms with van der Waals surface area (Å²) in [6.07, 6.45) is 0. The summed E-state index contributed by atoms with van der Waals surface area (Å²) in [7, 11) is -2.19. The van der Waals surface area contributed by atoms with Crippen molar-refractivity contribution in [3.05, 3.63) is 19.3 Å². The van der Waals surface area contributed by atoms with Crippen molar-refractivity contribution in [2.45, 2.75) is 25.7 Å². The van der Waals surface area contributed by atoms with Gasteiger partial charge in [0.1, 0.15) is 10.6 Å². The van der Waals surface area contributed by atoms with Crippen molar-refractivity contribution in [1.29, 1.82) is 0 Å². The fourth-order valence-electron chi connectivity index (χ4n) is 1.18. The Labute approximate surface area is 141 Å². The molecule has 0 unspecified atom stereocenters. The molecule has 0 radical (unpaired) electrons. The van der Waals surface area contributed by atoms with E-state index in [1.165, 1.54) is 0 Å². The van der Waals surface area contributed by atoms with Crippen LogP contribution in [0.4, 0.5) is 0 Å². The topological polar surface area (TPSA) is 52.6 Å². The number of benzene rings is 1. The van der Waals surface area contributed by atoms with Crippen LogP contribution in [-0.4, -0.2) is 22.1 Å². The molecule has 1 aromatic rings. The predicted molar refractivity (Wildman–Crippen MR) is 91.0 cm³/mol. The van der Waals surface area contributed by atoms with Gasteiger partial charge in [-0.1, -0.05) is 20.8 Å². The Morgan fingerprint density at radius 1 is 1.16 bits per heavy atom. The highest BCUT2D eigenvalue weighted by Gasteiger charge is 2.23. The summed E-state index contributed by atoms with van der Waals surface area (Å²) < 4.78 is 36.0. The molecule has 0 amide bonds. The molecule has 108 valence electrons. The van der Waals surface area contributed by atoms with Crippen molar-refractivity contribution < 1.29 is 17.3 Å². The SMILES string of the molecule is COc1cc(I)c(S(=O)(=O)OCC(C)(C)C)cc1I. The van der Waals surface area contributed by atoms with Crippen molar-refractivity contribution in [3.63, 3.8) is 0 Å². The zero-order valence-electron chi connectivity index (χ0n) is 11.2. The molecule has 7 heteroatoms. The summed E-state index contributed by atoms with van der Waals surface area (Å²) in [5, 5.41) is 0. The van der Waals surface area contributed by atoms with Gasteiger partial charge in [-0.15, -0.1) is 0 Å². The molecule has 0 atom stereocenters. The molecule has 0 aromatic heterocycles. The molecule has 1 aromatic carbocycles. The highest BCUT2D eigenvalue weighted by atomic mass is 127. The number of hydrogen-bond donors (Lipinski definition) is 0. The summed E-state index contributed by atoms with van der Waals surface area (Å²) in [4.78, 5) is 0.183. The van der Waals surface area contributed by atoms with E-state index in [1.807, 2.05) is 66.0 Å². The molecule has 0 saturated heterocycles. The van der Waals surface area contributed by atoms with Gasteiger partial charge in [0.25, 0.3) is 10.1 Å². The Balaban J connectivity index is 3.12. The zero-order valence-corrected chi connectivity index (χ0v) is 16.3. The number of hydrogen-bond acceptors (Lipinski definition) is 4. The third-order valence-electron chi connectivity index (χ3n) is 2.12. The summed E-state index contributed by atoms with van der Waals surface area (Å²) in [5.41, 5.74) is -0.210. The normalized spacial score (nSPS) is 12.5. The average Bonchev–Trinajstić information content (AvgIpc) is 2.28. The zero-order chi connectivity index (χ0) is 14.8. The van der Waals surface area contributed by atoms with Crippen molar-refractivity contribution >= 4 is 55.3 Å². The van der Waals surface area contributed by atoms with E-state index in [0.717, 1.165) is 3.57 Å². The highest BCUT2D eigenvalue weighted by molar-refractivity contribution is 14.1. The second-order valence-corrected chi connectivity index (χ2v) is 9.10. The van der Waals surface area contributed by atoms with Gasteiger partial charge in [0.15, 0.2) is 0 Å². The van der Waals surface area contributed by atoms with Crippen LogP contribution in [-0.2, 0) is 14.3 Å². The molecule has 0 saturated carbocycles. The van der Waals surface area contributed by atoms with E-state index < -0.39 is 10.1 Å². The van der Waals surface area contributed by atoms with Gasteiger partial charge in [0.2, 0.25) is 0 Å². The maximum absolute atomic E-state index is 12.2. The van der Waals surface area contributed by atoms with E-state index in [1.54, 1.807) is 19.2 Å². The average molecular weight is 510 g/mol. The number of rotatable bonds is 4. The lowest BCUT2D eigenvalue weighted by Crippen LogP contribution is -2.19. The van der Waals surface area contributed by atoms with E-state index in [-0.39, 0.29) is 16.9 Å². The van der Waals surface area contributed by atoms with Crippen LogP contribution in [0.25, 0.3) is 0 Å². The predicted octanol–water partition coefficient (Wildman–Crippen LogP) is 3.66. The fraction of sp³-hybridized carbons (Fsp3) is 0.500. The van der Waals surface area contributed by atoms with Gasteiger partial charge < -0.3 is 4.74 Å². The minimum absolute atomic E-state index is 0.147. The van der Waals surface area contributed by atoms with Crippen molar-refractivity contribution in [2.24, 2.45) is 5.41 Å². The quantitative estimate of drug-likeness (QED) is 0.459. The lowest BCUT2D eigenvalue weighted by atomic mass is 9.99. The summed E-state index contributed by atoms with van der Waals surface area (Å²) in [6, 6.07) is 3.26. The summed E-state index contributed by atoms with van der Waals surface area (Å²) in [6.45, 7) is 5.91. The molecular weight excluding hydrogens is 494 g/mol. The molecule has 0 fully saturated rings. The first-order chi connectivity index (χ1) is 8.57. The molecule has 4 nitrogen and oxygen atoms in total. The lowest BCUT2D eigenvalue weighted by Gasteiger charge is -2.18. The Morgan fingerprint density at radius 3 is 2.21 bits per heavy atom. The Kier molecular flexibility index (Phi) is 5.91. The smallest absolute Gasteiger partial charge is 0.298 e. The monoisotopic (exact) mass is 510 g/mol. The standard InChI is InChI=1S/C12H16I2O4S/c1-12(2,3)7-18-19(15,16)11-6-8(13)10(17-4)5-9(11)14/h5-6H,7H2,1-4H3. The highest BCUT2D eigenvalue weighted by Crippen LogP contribution is 2.30. The van der Waals surface area contributed by atoms with E-state index in [4.69, 9.17) is 8.92 Å². The van der Waals surface area contributed by atoms with Gasteiger partial charge in [-0.05, 0) is 62.7 Å². The molecule has 0 bridgehead atoms. The Morgan fingerprint density at radius 2 is 1.74 bits per heavy atom. The molecule has 0 spiro atoms. The van der Waals surface area contributed by atoms with Gasteiger partial charge in [-0.3, -0.25) is 4.18 Å². The maximum atomic E-state index is 12.2. The molecule has 0 N–H and O–H groups in total. The summed E-state index contributed by atoms with van der Waals surface area (Å²) in [5.74, 6) is 0.653. The molecule has 0 aliphatic carbocycles. The maximum Gasteiger partial charge on any atom is 0.298 e. The van der Waals surface area contributed by atoms with Gasteiger partial charge in [-0.25, -0.2) is 0 Å². The first-order valence-electron chi connectivity index (χ1n) is 5.49. The lowest BCUT2D eigenvalue weighted by molar-refractivity contribution is 0.203. The van der Waals surface area contributed by atoms with E-state index in [0.29, 0.717) is 9.32 Å². The molecule has 1 rings (SSSR count). The fourth-order valence-corrected chi connectivity index (χ4v) is 4.52. The van der Waals surface area contributed by atoms with Crippen LogP contribution < -0.4 is 4.74 Å². The van der Waals surface area contributed by atoms with Crippen LogP contribution >= 0.6 is 45.2 Å². The van der Waals surface area contributed by atoms with Crippen LogP contribution in [0.3, 0.4) is 0 Å². The number of methoxy groups -OCH3 is 1. The van der Waals surface area contributed by atoms with Crippen molar-refractivity contribution in [1.82, 2.24) is 0 Å². The van der Waals surface area contributed by atoms with Crippen molar-refractivity contribution in [2.75, 3.05) is 13.7 Å². The number of halogens is 2.